The molecule has 2 N–H and O–H groups in total. The number of aliphatic carboxylic acids is 1. The van der Waals surface area contributed by atoms with Crippen LogP contribution in [-0.2, 0) is 16.1 Å². The zero-order valence-corrected chi connectivity index (χ0v) is 17.3. The van der Waals surface area contributed by atoms with E-state index in [1.165, 1.54) is 0 Å². The van der Waals surface area contributed by atoms with Crippen molar-refractivity contribution in [3.05, 3.63) is 53.0 Å². The summed E-state index contributed by atoms with van der Waals surface area (Å²) in [5, 5.41) is 21.5. The van der Waals surface area contributed by atoms with Crippen LogP contribution in [0.25, 0.3) is 22.1 Å². The fourth-order valence-corrected chi connectivity index (χ4v) is 3.92. The molecule has 0 aliphatic heterocycles. The zero-order valence-electron chi connectivity index (χ0n) is 14.9. The van der Waals surface area contributed by atoms with Crippen LogP contribution in [0, 0.1) is 0 Å². The van der Waals surface area contributed by atoms with Crippen molar-refractivity contribution >= 4 is 67.3 Å². The largest absolute Gasteiger partial charge is 0.480 e. The van der Waals surface area contributed by atoms with Crippen molar-refractivity contribution < 1.29 is 14.7 Å². The van der Waals surface area contributed by atoms with Gasteiger partial charge in [0, 0.05) is 15.5 Å². The molecule has 146 valence electrons. The number of rotatable bonds is 6. The lowest BCUT2D eigenvalue weighted by Gasteiger charge is -2.05. The molecular weight excluding hydrogens is 458 g/mol. The fraction of sp³-hybridized carbons (Fsp3) is 0.105. The van der Waals surface area contributed by atoms with E-state index >= 15 is 0 Å². The summed E-state index contributed by atoms with van der Waals surface area (Å²) in [6, 6.07) is 14.6. The van der Waals surface area contributed by atoms with Gasteiger partial charge in [0.1, 0.15) is 12.1 Å². The molecule has 0 spiro atoms. The second-order valence-corrected chi connectivity index (χ2v) is 7.97. The minimum Gasteiger partial charge on any atom is -0.480 e. The third-order valence-corrected chi connectivity index (χ3v) is 5.42. The molecule has 0 bridgehead atoms. The third-order valence-electron chi connectivity index (χ3n) is 4.09. The smallest absolute Gasteiger partial charge is 0.323 e. The number of aromatic nitrogens is 4. The Morgan fingerprint density at radius 1 is 1.14 bits per heavy atom. The Morgan fingerprint density at radius 2 is 1.97 bits per heavy atom. The summed E-state index contributed by atoms with van der Waals surface area (Å²) in [5.74, 6) is -1.09. The maximum Gasteiger partial charge on any atom is 0.323 e. The van der Waals surface area contributed by atoms with Crippen molar-refractivity contribution in [1.82, 2.24) is 19.7 Å². The molecular formula is C19H14BrN5O3S. The number of carbonyl (C=O) groups excluding carboxylic acids is 1. The molecule has 4 rings (SSSR count). The van der Waals surface area contributed by atoms with Crippen LogP contribution in [0.15, 0.2) is 58.2 Å². The number of nitrogens with zero attached hydrogens (tertiary/aromatic N) is 4. The summed E-state index contributed by atoms with van der Waals surface area (Å²) in [4.78, 5) is 28.0. The molecule has 0 radical (unpaired) electrons. The maximum absolute atomic E-state index is 12.2. The molecule has 4 aromatic rings. The Balaban J connectivity index is 1.57. The molecule has 29 heavy (non-hydrogen) atoms. The van der Waals surface area contributed by atoms with E-state index in [4.69, 9.17) is 0 Å². The van der Waals surface area contributed by atoms with Crippen LogP contribution >= 0.6 is 27.7 Å². The van der Waals surface area contributed by atoms with Crippen LogP contribution < -0.4 is 5.32 Å². The van der Waals surface area contributed by atoms with Crippen molar-refractivity contribution in [1.29, 1.82) is 0 Å². The van der Waals surface area contributed by atoms with Crippen molar-refractivity contribution in [2.45, 2.75) is 11.7 Å². The first-order chi connectivity index (χ1) is 14.0. The van der Waals surface area contributed by atoms with Crippen molar-refractivity contribution in [2.75, 3.05) is 11.1 Å². The van der Waals surface area contributed by atoms with Crippen LogP contribution in [0.5, 0.6) is 0 Å². The van der Waals surface area contributed by atoms with Crippen molar-refractivity contribution in [3.63, 3.8) is 0 Å². The highest BCUT2D eigenvalue weighted by molar-refractivity contribution is 9.10. The first-order valence-corrected chi connectivity index (χ1v) is 10.3. The number of thioether (sulfide) groups is 1. The summed E-state index contributed by atoms with van der Waals surface area (Å²) in [5.41, 5.74) is 2.37. The van der Waals surface area contributed by atoms with E-state index in [0.29, 0.717) is 22.0 Å². The Bertz CT molecular complexity index is 1240. The molecule has 0 saturated carbocycles. The van der Waals surface area contributed by atoms with Crippen molar-refractivity contribution in [3.8, 4) is 0 Å². The highest BCUT2D eigenvalue weighted by Crippen LogP contribution is 2.27. The Labute approximate surface area is 177 Å². The molecule has 2 heterocycles. The van der Waals surface area contributed by atoms with Crippen LogP contribution in [-0.4, -0.2) is 42.5 Å². The molecule has 10 heteroatoms. The van der Waals surface area contributed by atoms with Gasteiger partial charge in [-0.15, -0.1) is 10.2 Å². The molecule has 8 nitrogen and oxygen atoms in total. The first kappa shape index (κ1) is 19.3. The Kier molecular flexibility index (Phi) is 5.45. The number of benzene rings is 2. The van der Waals surface area contributed by atoms with Crippen LogP contribution in [0.4, 0.5) is 5.69 Å². The highest BCUT2D eigenvalue weighted by Gasteiger charge is 2.17. The number of anilines is 1. The number of hydrogen-bond donors (Lipinski definition) is 2. The van der Waals surface area contributed by atoms with Gasteiger partial charge in [-0.05, 0) is 24.3 Å². The molecule has 2 aromatic heterocycles. The molecule has 0 aliphatic rings. The van der Waals surface area contributed by atoms with Gasteiger partial charge in [0.2, 0.25) is 11.1 Å². The third kappa shape index (κ3) is 4.22. The molecule has 0 aliphatic carbocycles. The number of carboxylic acid groups (broad SMARTS) is 1. The number of fused-ring (bicyclic) bond motifs is 3. The van der Waals surface area contributed by atoms with E-state index in [0.717, 1.165) is 27.1 Å². The van der Waals surface area contributed by atoms with E-state index in [1.807, 2.05) is 36.4 Å². The van der Waals surface area contributed by atoms with Gasteiger partial charge < -0.3 is 15.0 Å². The lowest BCUT2D eigenvalue weighted by molar-refractivity contribution is -0.137. The lowest BCUT2D eigenvalue weighted by atomic mass is 10.2. The second kappa shape index (κ2) is 8.18. The second-order valence-electron chi connectivity index (χ2n) is 6.11. The minimum atomic E-state index is -0.978. The average Bonchev–Trinajstić information content (AvgIpc) is 2.99. The standard InChI is InChI=1S/C19H14BrN5O3S/c20-11-4-3-5-12(8-11)21-15(26)10-29-19-22-18-17(23-24-19)13-6-1-2-7-14(13)25(18)9-16(27)28/h1-8H,9-10H2,(H,21,26)(H,27,28). The van der Waals surface area contributed by atoms with Gasteiger partial charge in [0.25, 0.3) is 0 Å². The normalized spacial score (nSPS) is 11.1. The topological polar surface area (TPSA) is 110 Å². The van der Waals surface area contributed by atoms with E-state index in [2.05, 4.69) is 36.4 Å². The fourth-order valence-electron chi connectivity index (χ4n) is 2.94. The van der Waals surface area contributed by atoms with Gasteiger partial charge in [-0.25, -0.2) is 4.98 Å². The van der Waals surface area contributed by atoms with Gasteiger partial charge in [-0.3, -0.25) is 9.59 Å². The van der Waals surface area contributed by atoms with E-state index < -0.39 is 5.97 Å². The van der Waals surface area contributed by atoms with Gasteiger partial charge in [-0.2, -0.15) is 0 Å². The SMILES string of the molecule is O=C(O)Cn1c2ccccc2c2nnc(SCC(=O)Nc3cccc(Br)c3)nc21. The summed E-state index contributed by atoms with van der Waals surface area (Å²) < 4.78 is 2.46. The van der Waals surface area contributed by atoms with Crippen molar-refractivity contribution in [2.24, 2.45) is 0 Å². The first-order valence-electron chi connectivity index (χ1n) is 8.53. The summed E-state index contributed by atoms with van der Waals surface area (Å²) >= 11 is 4.50. The maximum atomic E-state index is 12.2. The molecule has 0 fully saturated rings. The van der Waals surface area contributed by atoms with E-state index in [9.17, 15) is 14.7 Å². The quantitative estimate of drug-likeness (QED) is 0.413. The van der Waals surface area contributed by atoms with Gasteiger partial charge >= 0.3 is 5.97 Å². The summed E-state index contributed by atoms with van der Waals surface area (Å²) in [6.45, 7) is -0.240. The Morgan fingerprint density at radius 3 is 2.76 bits per heavy atom. The summed E-state index contributed by atoms with van der Waals surface area (Å²) in [6.07, 6.45) is 0. The molecule has 2 aromatic carbocycles. The number of amides is 1. The number of carbonyl (C=O) groups is 2. The van der Waals surface area contributed by atoms with E-state index in [-0.39, 0.29) is 18.2 Å². The molecule has 0 saturated heterocycles. The van der Waals surface area contributed by atoms with E-state index in [1.54, 1.807) is 16.7 Å². The minimum absolute atomic E-state index is 0.0961. The molecule has 0 atom stereocenters. The number of para-hydroxylation sites is 1. The van der Waals surface area contributed by atoms with Gasteiger partial charge in [0.05, 0.1) is 11.3 Å². The van der Waals surface area contributed by atoms with Crippen LogP contribution in [0.1, 0.15) is 0 Å². The number of halogens is 1. The van der Waals surface area contributed by atoms with Gasteiger partial charge in [0.15, 0.2) is 5.65 Å². The predicted molar refractivity (Wildman–Crippen MR) is 114 cm³/mol. The average molecular weight is 472 g/mol. The van der Waals surface area contributed by atoms with Crippen LogP contribution in [0.3, 0.4) is 0 Å². The zero-order chi connectivity index (χ0) is 20.4. The molecule has 1 amide bonds. The molecule has 0 unspecified atom stereocenters. The van der Waals surface area contributed by atoms with Gasteiger partial charge in [-0.1, -0.05) is 52.0 Å². The Hall–Kier alpha value is -2.98. The number of hydrogen-bond acceptors (Lipinski definition) is 6. The predicted octanol–water partition coefficient (Wildman–Crippen LogP) is 3.56. The number of carboxylic acids is 1. The summed E-state index contributed by atoms with van der Waals surface area (Å²) in [7, 11) is 0. The lowest BCUT2D eigenvalue weighted by Crippen LogP contribution is -2.14. The van der Waals surface area contributed by atoms with Crippen LogP contribution in [0.2, 0.25) is 0 Å². The number of nitrogens with one attached hydrogen (secondary N) is 1. The monoisotopic (exact) mass is 471 g/mol. The highest BCUT2D eigenvalue weighted by atomic mass is 79.9.